The molecular weight excluding hydrogens is 158 g/mol. The van der Waals surface area contributed by atoms with Gasteiger partial charge in [-0.3, -0.25) is 0 Å². The monoisotopic (exact) mass is 177 g/mol. The number of hydrogen-bond donors (Lipinski definition) is 1. The fraction of sp³-hybridized carbons (Fsp3) is 0.500. The third kappa shape index (κ3) is 2.03. The van der Waals surface area contributed by atoms with Crippen molar-refractivity contribution < 1.29 is 0 Å². The summed E-state index contributed by atoms with van der Waals surface area (Å²) in [5, 5.41) is 0. The van der Waals surface area contributed by atoms with Crippen LogP contribution in [0.25, 0.3) is 0 Å². The maximum absolute atomic E-state index is 5.89. The first-order valence-corrected chi connectivity index (χ1v) is 4.69. The van der Waals surface area contributed by atoms with Crippen LogP contribution < -0.4 is 5.73 Å². The molecule has 13 heavy (non-hydrogen) atoms. The van der Waals surface area contributed by atoms with Crippen LogP contribution in [0.15, 0.2) is 12.1 Å². The minimum absolute atomic E-state index is 0.186. The summed E-state index contributed by atoms with van der Waals surface area (Å²) >= 11 is 0. The average Bonchev–Trinajstić information content (AvgIpc) is 1.94. The number of nitrogen functional groups attached to an aromatic ring is 1. The molecule has 0 bridgehead atoms. The average molecular weight is 177 g/mol. The van der Waals surface area contributed by atoms with E-state index in [9.17, 15) is 0 Å². The molecule has 0 radical (unpaired) electrons. The fourth-order valence-corrected chi connectivity index (χ4v) is 1.68. The minimum atomic E-state index is 0.186. The molecule has 0 aliphatic rings. The second-order valence-electron chi connectivity index (χ2n) is 4.77. The summed E-state index contributed by atoms with van der Waals surface area (Å²) in [6, 6.07) is 4.26. The number of hydrogen-bond acceptors (Lipinski definition) is 1. The van der Waals surface area contributed by atoms with E-state index in [2.05, 4.69) is 46.8 Å². The van der Waals surface area contributed by atoms with E-state index >= 15 is 0 Å². The lowest BCUT2D eigenvalue weighted by Gasteiger charge is -2.22. The molecule has 1 rings (SSSR count). The molecule has 1 aromatic carbocycles. The van der Waals surface area contributed by atoms with Crippen LogP contribution in [-0.4, -0.2) is 0 Å². The number of aryl methyl sites for hydroxylation is 2. The van der Waals surface area contributed by atoms with Crippen molar-refractivity contribution in [3.8, 4) is 0 Å². The second kappa shape index (κ2) is 3.06. The van der Waals surface area contributed by atoms with Gasteiger partial charge >= 0.3 is 0 Å². The summed E-state index contributed by atoms with van der Waals surface area (Å²) in [5.41, 5.74) is 10.8. The number of benzene rings is 1. The van der Waals surface area contributed by atoms with Crippen molar-refractivity contribution in [3.63, 3.8) is 0 Å². The molecule has 1 nitrogen and oxygen atoms in total. The molecule has 0 saturated heterocycles. The SMILES string of the molecule is Cc1cc(C)c(C(C)(C)C)cc1N. The van der Waals surface area contributed by atoms with Crippen LogP contribution in [0.5, 0.6) is 0 Å². The Morgan fingerprint density at radius 3 is 2.00 bits per heavy atom. The lowest BCUT2D eigenvalue weighted by molar-refractivity contribution is 0.586. The molecule has 2 N–H and O–H groups in total. The predicted octanol–water partition coefficient (Wildman–Crippen LogP) is 3.18. The van der Waals surface area contributed by atoms with E-state index in [1.165, 1.54) is 16.7 Å². The van der Waals surface area contributed by atoms with Crippen molar-refractivity contribution in [2.45, 2.75) is 40.0 Å². The largest absolute Gasteiger partial charge is 0.399 e. The Bertz CT molecular complexity index is 319. The predicted molar refractivity (Wildman–Crippen MR) is 59.0 cm³/mol. The van der Waals surface area contributed by atoms with Crippen molar-refractivity contribution in [1.29, 1.82) is 0 Å². The smallest absolute Gasteiger partial charge is 0.0346 e. The molecule has 0 heterocycles. The summed E-state index contributed by atoms with van der Waals surface area (Å²) in [5.74, 6) is 0. The lowest BCUT2D eigenvalue weighted by atomic mass is 9.83. The van der Waals surface area contributed by atoms with Gasteiger partial charge in [-0.25, -0.2) is 0 Å². The molecule has 0 saturated carbocycles. The number of rotatable bonds is 0. The normalized spacial score (nSPS) is 11.8. The summed E-state index contributed by atoms with van der Waals surface area (Å²) in [4.78, 5) is 0. The summed E-state index contributed by atoms with van der Waals surface area (Å²) in [6.07, 6.45) is 0. The standard InChI is InChI=1S/C12H19N/c1-8-6-9(2)11(13)7-10(8)12(3,4)5/h6-7H,13H2,1-5H3. The van der Waals surface area contributed by atoms with E-state index < -0.39 is 0 Å². The molecule has 0 atom stereocenters. The molecule has 0 spiro atoms. The Hall–Kier alpha value is -0.980. The molecule has 0 aromatic heterocycles. The first-order chi connectivity index (χ1) is 5.82. The highest BCUT2D eigenvalue weighted by Gasteiger charge is 2.16. The topological polar surface area (TPSA) is 26.0 Å². The van der Waals surface area contributed by atoms with Gasteiger partial charge in [0.25, 0.3) is 0 Å². The molecule has 0 amide bonds. The highest BCUT2D eigenvalue weighted by molar-refractivity contribution is 5.52. The molecule has 0 unspecified atom stereocenters. The van der Waals surface area contributed by atoms with E-state index in [0.717, 1.165) is 5.69 Å². The van der Waals surface area contributed by atoms with Gasteiger partial charge in [-0.05, 0) is 42.0 Å². The Morgan fingerprint density at radius 1 is 1.00 bits per heavy atom. The molecule has 0 aliphatic heterocycles. The Morgan fingerprint density at radius 2 is 1.54 bits per heavy atom. The van der Waals surface area contributed by atoms with Crippen LogP contribution in [-0.2, 0) is 5.41 Å². The van der Waals surface area contributed by atoms with Crippen molar-refractivity contribution in [2.24, 2.45) is 0 Å². The molecule has 0 fully saturated rings. The molecular formula is C12H19N. The maximum atomic E-state index is 5.89. The summed E-state index contributed by atoms with van der Waals surface area (Å²) < 4.78 is 0. The first kappa shape index (κ1) is 10.1. The highest BCUT2D eigenvalue weighted by Crippen LogP contribution is 2.28. The maximum Gasteiger partial charge on any atom is 0.0346 e. The van der Waals surface area contributed by atoms with Crippen LogP contribution in [0.2, 0.25) is 0 Å². The molecule has 1 heteroatoms. The van der Waals surface area contributed by atoms with Gasteiger partial charge in [0.05, 0.1) is 0 Å². The van der Waals surface area contributed by atoms with Gasteiger partial charge in [0.1, 0.15) is 0 Å². The molecule has 1 aromatic rings. The van der Waals surface area contributed by atoms with E-state index in [-0.39, 0.29) is 5.41 Å². The number of nitrogens with two attached hydrogens (primary N) is 1. The first-order valence-electron chi connectivity index (χ1n) is 4.69. The van der Waals surface area contributed by atoms with Gasteiger partial charge in [0.15, 0.2) is 0 Å². The zero-order valence-electron chi connectivity index (χ0n) is 9.23. The van der Waals surface area contributed by atoms with Gasteiger partial charge in [-0.2, -0.15) is 0 Å². The van der Waals surface area contributed by atoms with Gasteiger partial charge in [-0.15, -0.1) is 0 Å². The van der Waals surface area contributed by atoms with Crippen molar-refractivity contribution in [3.05, 3.63) is 28.8 Å². The van der Waals surface area contributed by atoms with Crippen molar-refractivity contribution in [1.82, 2.24) is 0 Å². The zero-order valence-corrected chi connectivity index (χ0v) is 9.23. The quantitative estimate of drug-likeness (QED) is 0.605. The van der Waals surface area contributed by atoms with Crippen molar-refractivity contribution in [2.75, 3.05) is 5.73 Å². The summed E-state index contributed by atoms with van der Waals surface area (Å²) in [7, 11) is 0. The minimum Gasteiger partial charge on any atom is -0.399 e. The van der Waals surface area contributed by atoms with E-state index in [1.807, 2.05) is 0 Å². The second-order valence-corrected chi connectivity index (χ2v) is 4.77. The van der Waals surface area contributed by atoms with Crippen LogP contribution in [0.4, 0.5) is 5.69 Å². The third-order valence-corrected chi connectivity index (χ3v) is 2.42. The van der Waals surface area contributed by atoms with Crippen molar-refractivity contribution >= 4 is 5.69 Å². The van der Waals surface area contributed by atoms with Gasteiger partial charge in [0, 0.05) is 5.69 Å². The van der Waals surface area contributed by atoms with E-state index in [0.29, 0.717) is 0 Å². The van der Waals surface area contributed by atoms with Crippen LogP contribution >= 0.6 is 0 Å². The van der Waals surface area contributed by atoms with Gasteiger partial charge < -0.3 is 5.73 Å². The summed E-state index contributed by atoms with van der Waals surface area (Å²) in [6.45, 7) is 10.8. The highest BCUT2D eigenvalue weighted by atomic mass is 14.6. The van der Waals surface area contributed by atoms with Gasteiger partial charge in [0.2, 0.25) is 0 Å². The molecule has 72 valence electrons. The lowest BCUT2D eigenvalue weighted by Crippen LogP contribution is -2.13. The van der Waals surface area contributed by atoms with Gasteiger partial charge in [-0.1, -0.05) is 26.8 Å². The Kier molecular flexibility index (Phi) is 2.38. The van der Waals surface area contributed by atoms with Crippen LogP contribution in [0, 0.1) is 13.8 Å². The number of anilines is 1. The zero-order chi connectivity index (χ0) is 10.2. The Balaban J connectivity index is 3.32. The van der Waals surface area contributed by atoms with E-state index in [1.54, 1.807) is 0 Å². The third-order valence-electron chi connectivity index (χ3n) is 2.42. The van der Waals surface area contributed by atoms with Crippen LogP contribution in [0.1, 0.15) is 37.5 Å². The van der Waals surface area contributed by atoms with E-state index in [4.69, 9.17) is 5.73 Å². The fourth-order valence-electron chi connectivity index (χ4n) is 1.68. The molecule has 0 aliphatic carbocycles. The Labute approximate surface area is 81.0 Å². The van der Waals surface area contributed by atoms with Crippen LogP contribution in [0.3, 0.4) is 0 Å².